The first-order chi connectivity index (χ1) is 9.70. The van der Waals surface area contributed by atoms with Gasteiger partial charge in [-0.3, -0.25) is 4.79 Å². The van der Waals surface area contributed by atoms with Gasteiger partial charge in [0.05, 0.1) is 10.6 Å². The third-order valence-electron chi connectivity index (χ3n) is 2.26. The number of anilines is 1. The van der Waals surface area contributed by atoms with E-state index in [1.54, 1.807) is 0 Å². The molecule has 12 heteroatoms. The molecule has 1 aromatic rings. The highest BCUT2D eigenvalue weighted by molar-refractivity contribution is 8.13. The summed E-state index contributed by atoms with van der Waals surface area (Å²) in [7, 11) is -2.86. The molecule has 22 heavy (non-hydrogen) atoms. The van der Waals surface area contributed by atoms with Gasteiger partial charge < -0.3 is 5.32 Å². The zero-order chi connectivity index (χ0) is 17.3. The molecule has 0 aliphatic heterocycles. The van der Waals surface area contributed by atoms with E-state index in [2.05, 4.69) is 0 Å². The van der Waals surface area contributed by atoms with Crippen LogP contribution in [0.5, 0.6) is 0 Å². The lowest BCUT2D eigenvalue weighted by molar-refractivity contribution is -0.167. The smallest absolute Gasteiger partial charge is 0.318 e. The predicted molar refractivity (Wildman–Crippen MR) is 72.7 cm³/mol. The lowest BCUT2D eigenvalue weighted by Crippen LogP contribution is -2.30. The topological polar surface area (TPSA) is 97.4 Å². The van der Waals surface area contributed by atoms with Crippen molar-refractivity contribution >= 4 is 41.2 Å². The van der Waals surface area contributed by atoms with Crippen LogP contribution in [0.1, 0.15) is 5.56 Å². The Bertz CT molecular complexity index is 802. The van der Waals surface area contributed by atoms with Crippen LogP contribution < -0.4 is 5.32 Å². The molecule has 0 spiro atoms. The second-order valence-corrected chi connectivity index (χ2v) is 8.96. The molecule has 0 fully saturated rings. The van der Waals surface area contributed by atoms with Gasteiger partial charge in [-0.25, -0.2) is 16.8 Å². The third-order valence-corrected chi connectivity index (χ3v) is 4.51. The van der Waals surface area contributed by atoms with Crippen LogP contribution in [0.15, 0.2) is 23.1 Å². The second kappa shape index (κ2) is 6.05. The van der Waals surface area contributed by atoms with E-state index in [9.17, 15) is 34.8 Å². The summed E-state index contributed by atoms with van der Waals surface area (Å²) >= 11 is 0. The number of hydrogen-bond acceptors (Lipinski definition) is 5. The molecule has 0 aliphatic rings. The minimum absolute atomic E-state index is 0.350. The van der Waals surface area contributed by atoms with Crippen LogP contribution in [0.3, 0.4) is 0 Å². The highest BCUT2D eigenvalue weighted by Gasteiger charge is 2.38. The van der Waals surface area contributed by atoms with E-state index in [4.69, 9.17) is 10.7 Å². The largest absolute Gasteiger partial charge is 0.471 e. The number of benzene rings is 1. The van der Waals surface area contributed by atoms with Crippen molar-refractivity contribution in [3.05, 3.63) is 23.8 Å². The van der Waals surface area contributed by atoms with Crippen molar-refractivity contribution in [2.75, 3.05) is 11.6 Å². The summed E-state index contributed by atoms with van der Waals surface area (Å²) in [4.78, 5) is 10.2. The highest BCUT2D eigenvalue weighted by atomic mass is 35.7. The van der Waals surface area contributed by atoms with Crippen molar-refractivity contribution in [2.24, 2.45) is 0 Å². The lowest BCUT2D eigenvalue weighted by Gasteiger charge is -2.11. The Hall–Kier alpha value is -1.33. The molecular formula is C10H9ClF3NO5S2. The van der Waals surface area contributed by atoms with E-state index in [0.717, 1.165) is 24.5 Å². The number of carbonyl (C=O) groups excluding carboxylic acids is 1. The maximum Gasteiger partial charge on any atom is 0.471 e. The van der Waals surface area contributed by atoms with E-state index in [0.29, 0.717) is 0 Å². The maximum atomic E-state index is 12.2. The molecule has 0 bridgehead atoms. The first-order valence-electron chi connectivity index (χ1n) is 5.33. The molecule has 0 atom stereocenters. The van der Waals surface area contributed by atoms with Crippen LogP contribution in [0.2, 0.25) is 0 Å². The van der Waals surface area contributed by atoms with Gasteiger partial charge in [-0.15, -0.1) is 0 Å². The van der Waals surface area contributed by atoms with Crippen molar-refractivity contribution in [2.45, 2.75) is 16.8 Å². The molecule has 0 aromatic heterocycles. The molecule has 124 valence electrons. The van der Waals surface area contributed by atoms with E-state index < -0.39 is 47.3 Å². The number of carbonyl (C=O) groups is 1. The average Bonchev–Trinajstić information content (AvgIpc) is 2.23. The van der Waals surface area contributed by atoms with Gasteiger partial charge in [0.25, 0.3) is 9.05 Å². The summed E-state index contributed by atoms with van der Waals surface area (Å²) in [5, 5.41) is 1.49. The summed E-state index contributed by atoms with van der Waals surface area (Å²) in [5.74, 6) is -3.05. The van der Waals surface area contributed by atoms with Gasteiger partial charge in [-0.05, 0) is 23.8 Å². The number of nitrogens with one attached hydrogen (secondary N) is 1. The predicted octanol–water partition coefficient (Wildman–Crippen LogP) is 1.66. The Morgan fingerprint density at radius 3 is 2.18 bits per heavy atom. The summed E-state index contributed by atoms with van der Waals surface area (Å²) in [6.07, 6.45) is -4.34. The number of rotatable bonds is 4. The molecule has 1 amide bonds. The number of sulfone groups is 1. The summed E-state index contributed by atoms with van der Waals surface area (Å²) < 4.78 is 81.7. The van der Waals surface area contributed by atoms with Crippen molar-refractivity contribution < 1.29 is 34.8 Å². The minimum Gasteiger partial charge on any atom is -0.318 e. The van der Waals surface area contributed by atoms with Gasteiger partial charge in [0.15, 0.2) is 9.84 Å². The number of hydrogen-bond donors (Lipinski definition) is 1. The molecule has 0 heterocycles. The maximum absolute atomic E-state index is 12.2. The second-order valence-electron chi connectivity index (χ2n) is 4.28. The van der Waals surface area contributed by atoms with Gasteiger partial charge in [-0.1, -0.05) is 0 Å². The van der Waals surface area contributed by atoms with Gasteiger partial charge in [0.2, 0.25) is 0 Å². The fourth-order valence-electron chi connectivity index (χ4n) is 1.49. The van der Waals surface area contributed by atoms with Crippen LogP contribution in [0.4, 0.5) is 18.9 Å². The quantitative estimate of drug-likeness (QED) is 0.802. The Morgan fingerprint density at radius 2 is 1.77 bits per heavy atom. The average molecular weight is 380 g/mol. The summed E-state index contributed by atoms with van der Waals surface area (Å²) in [5.41, 5.74) is -0.762. The number of amides is 1. The molecule has 1 N–H and O–H groups in total. The third kappa shape index (κ3) is 5.46. The van der Waals surface area contributed by atoms with Crippen LogP contribution in [-0.4, -0.2) is 35.2 Å². The van der Waals surface area contributed by atoms with Gasteiger partial charge in [-0.2, -0.15) is 13.2 Å². The van der Waals surface area contributed by atoms with Crippen LogP contribution >= 0.6 is 10.7 Å². The lowest BCUT2D eigenvalue weighted by atomic mass is 10.2. The number of halogens is 4. The standard InChI is InChI=1S/C10H9ClF3NO5S2/c1-21(17,18)5-6-4-7(15-9(16)10(12,13)14)2-3-8(6)22(11,19)20/h2-4H,5H2,1H3,(H,15,16). The van der Waals surface area contributed by atoms with Crippen LogP contribution in [0, 0.1) is 0 Å². The Labute approximate surface area is 128 Å². The molecule has 1 aromatic carbocycles. The van der Waals surface area contributed by atoms with E-state index in [-0.39, 0.29) is 5.56 Å². The Balaban J connectivity index is 3.32. The summed E-state index contributed by atoms with van der Waals surface area (Å²) in [6.45, 7) is 0. The molecule has 0 radical (unpaired) electrons. The molecule has 0 aliphatic carbocycles. The first-order valence-corrected chi connectivity index (χ1v) is 9.70. The van der Waals surface area contributed by atoms with Crippen molar-refractivity contribution in [3.8, 4) is 0 Å². The molecule has 0 unspecified atom stereocenters. The van der Waals surface area contributed by atoms with Gasteiger partial charge >= 0.3 is 12.1 Å². The van der Waals surface area contributed by atoms with Crippen LogP contribution in [-0.2, 0) is 29.4 Å². The zero-order valence-corrected chi connectivity index (χ0v) is 13.2. The monoisotopic (exact) mass is 379 g/mol. The van der Waals surface area contributed by atoms with Crippen molar-refractivity contribution in [1.82, 2.24) is 0 Å². The molecule has 0 saturated heterocycles. The van der Waals surface area contributed by atoms with Gasteiger partial charge in [0, 0.05) is 22.6 Å². The number of alkyl halides is 3. The Morgan fingerprint density at radius 1 is 1.23 bits per heavy atom. The molecule has 0 saturated carbocycles. The first kappa shape index (κ1) is 18.7. The van der Waals surface area contributed by atoms with Crippen molar-refractivity contribution in [1.29, 1.82) is 0 Å². The highest BCUT2D eigenvalue weighted by Crippen LogP contribution is 2.26. The Kier molecular flexibility index (Phi) is 5.15. The fraction of sp³-hybridized carbons (Fsp3) is 0.300. The fourth-order valence-corrected chi connectivity index (χ4v) is 3.51. The van der Waals surface area contributed by atoms with E-state index in [1.807, 2.05) is 0 Å². The minimum atomic E-state index is -5.14. The van der Waals surface area contributed by atoms with E-state index >= 15 is 0 Å². The van der Waals surface area contributed by atoms with E-state index in [1.165, 1.54) is 5.32 Å². The molecular weight excluding hydrogens is 371 g/mol. The normalized spacial score (nSPS) is 13.0. The van der Waals surface area contributed by atoms with Crippen molar-refractivity contribution in [3.63, 3.8) is 0 Å². The molecule has 6 nitrogen and oxygen atoms in total. The zero-order valence-electron chi connectivity index (χ0n) is 10.8. The molecule has 1 rings (SSSR count). The van der Waals surface area contributed by atoms with Gasteiger partial charge in [0.1, 0.15) is 0 Å². The summed E-state index contributed by atoms with van der Waals surface area (Å²) in [6, 6.07) is 2.49. The SMILES string of the molecule is CS(=O)(=O)Cc1cc(NC(=O)C(F)(F)F)ccc1S(=O)(=O)Cl. The van der Waals surface area contributed by atoms with Crippen LogP contribution in [0.25, 0.3) is 0 Å².